The minimum Gasteiger partial charge on any atom is -0.378 e. The van der Waals surface area contributed by atoms with Crippen LogP contribution >= 0.6 is 0 Å². The van der Waals surface area contributed by atoms with Crippen molar-refractivity contribution >= 4 is 17.3 Å². The number of rotatable bonds is 4. The van der Waals surface area contributed by atoms with Crippen molar-refractivity contribution in [2.45, 2.75) is 12.8 Å². The van der Waals surface area contributed by atoms with Crippen LogP contribution in [0, 0.1) is 16.0 Å². The maximum absolute atomic E-state index is 10.5. The van der Waals surface area contributed by atoms with Gasteiger partial charge in [0.1, 0.15) is 5.82 Å². The normalized spacial score (nSPS) is 14.9. The first-order chi connectivity index (χ1) is 7.16. The van der Waals surface area contributed by atoms with Gasteiger partial charge in [-0.05, 0) is 24.8 Å². The minimum atomic E-state index is -0.535. The summed E-state index contributed by atoms with van der Waals surface area (Å²) in [4.78, 5) is 13.9. The number of nitrogen functional groups attached to an aromatic ring is 1. The minimum absolute atomic E-state index is 0.0409. The Bertz CT molecular complexity index is 390. The molecule has 1 saturated carbocycles. The molecule has 1 aromatic heterocycles. The van der Waals surface area contributed by atoms with E-state index in [1.807, 2.05) is 0 Å². The van der Waals surface area contributed by atoms with E-state index in [4.69, 9.17) is 5.73 Å². The van der Waals surface area contributed by atoms with Gasteiger partial charge in [-0.3, -0.25) is 10.1 Å². The van der Waals surface area contributed by atoms with Gasteiger partial charge < -0.3 is 11.1 Å². The summed E-state index contributed by atoms with van der Waals surface area (Å²) in [6, 6.07) is 2.95. The molecule has 80 valence electrons. The number of pyridine rings is 1. The van der Waals surface area contributed by atoms with Crippen molar-refractivity contribution in [1.82, 2.24) is 4.98 Å². The molecule has 0 aliphatic heterocycles. The fourth-order valence-corrected chi connectivity index (χ4v) is 1.29. The molecule has 2 rings (SSSR count). The first-order valence-electron chi connectivity index (χ1n) is 4.81. The van der Waals surface area contributed by atoms with Gasteiger partial charge >= 0.3 is 5.69 Å². The lowest BCUT2D eigenvalue weighted by molar-refractivity contribution is -0.384. The van der Waals surface area contributed by atoms with Gasteiger partial charge in [-0.2, -0.15) is 0 Å². The third-order valence-corrected chi connectivity index (χ3v) is 2.37. The molecule has 0 atom stereocenters. The molecule has 15 heavy (non-hydrogen) atoms. The molecule has 1 fully saturated rings. The van der Waals surface area contributed by atoms with Gasteiger partial charge in [-0.25, -0.2) is 4.98 Å². The number of anilines is 2. The summed E-state index contributed by atoms with van der Waals surface area (Å²) < 4.78 is 0. The highest BCUT2D eigenvalue weighted by Crippen LogP contribution is 2.29. The van der Waals surface area contributed by atoms with Crippen LogP contribution in [0.15, 0.2) is 12.1 Å². The van der Waals surface area contributed by atoms with Gasteiger partial charge in [-0.15, -0.1) is 0 Å². The van der Waals surface area contributed by atoms with Crippen LogP contribution in [-0.4, -0.2) is 16.5 Å². The summed E-state index contributed by atoms with van der Waals surface area (Å²) in [5, 5.41) is 13.6. The Labute approximate surface area is 86.6 Å². The van der Waals surface area contributed by atoms with Gasteiger partial charge in [0.25, 0.3) is 0 Å². The van der Waals surface area contributed by atoms with Crippen molar-refractivity contribution in [1.29, 1.82) is 0 Å². The predicted molar refractivity (Wildman–Crippen MR) is 56.5 cm³/mol. The molecular formula is C9H12N4O2. The second-order valence-electron chi connectivity index (χ2n) is 3.68. The zero-order valence-electron chi connectivity index (χ0n) is 8.14. The fraction of sp³-hybridized carbons (Fsp3) is 0.444. The Morgan fingerprint density at radius 1 is 1.60 bits per heavy atom. The lowest BCUT2D eigenvalue weighted by Gasteiger charge is -2.04. The highest BCUT2D eigenvalue weighted by Gasteiger charge is 2.21. The van der Waals surface area contributed by atoms with Crippen LogP contribution in [0.1, 0.15) is 12.8 Å². The zero-order chi connectivity index (χ0) is 10.8. The van der Waals surface area contributed by atoms with Crippen molar-refractivity contribution in [2.24, 2.45) is 5.92 Å². The molecule has 1 aliphatic rings. The highest BCUT2D eigenvalue weighted by molar-refractivity contribution is 5.57. The van der Waals surface area contributed by atoms with Crippen LogP contribution in [-0.2, 0) is 0 Å². The van der Waals surface area contributed by atoms with Crippen LogP contribution in [0.2, 0.25) is 0 Å². The smallest absolute Gasteiger partial charge is 0.311 e. The van der Waals surface area contributed by atoms with Crippen molar-refractivity contribution in [2.75, 3.05) is 17.6 Å². The Balaban J connectivity index is 2.06. The van der Waals surface area contributed by atoms with Crippen LogP contribution in [0.3, 0.4) is 0 Å². The Morgan fingerprint density at radius 2 is 2.33 bits per heavy atom. The Hall–Kier alpha value is -1.85. The van der Waals surface area contributed by atoms with E-state index in [1.165, 1.54) is 18.9 Å². The van der Waals surface area contributed by atoms with Gasteiger partial charge in [-0.1, -0.05) is 0 Å². The summed E-state index contributed by atoms with van der Waals surface area (Å²) in [6.45, 7) is 0.865. The molecule has 0 unspecified atom stereocenters. The van der Waals surface area contributed by atoms with Crippen molar-refractivity contribution in [3.63, 3.8) is 0 Å². The summed E-state index contributed by atoms with van der Waals surface area (Å²) in [5.41, 5.74) is 5.31. The van der Waals surface area contributed by atoms with Gasteiger partial charge in [0.2, 0.25) is 5.82 Å². The Kier molecular flexibility index (Phi) is 2.40. The van der Waals surface area contributed by atoms with Crippen LogP contribution in [0.4, 0.5) is 17.3 Å². The summed E-state index contributed by atoms with van der Waals surface area (Å²) in [5.74, 6) is 1.29. The molecule has 0 spiro atoms. The summed E-state index contributed by atoms with van der Waals surface area (Å²) in [7, 11) is 0. The summed E-state index contributed by atoms with van der Waals surface area (Å²) >= 11 is 0. The molecule has 0 bridgehead atoms. The maximum atomic E-state index is 10.5. The molecule has 1 aromatic rings. The molecule has 1 aliphatic carbocycles. The summed E-state index contributed by atoms with van der Waals surface area (Å²) in [6.07, 6.45) is 2.49. The number of nitro groups is 1. The number of nitrogens with two attached hydrogens (primary N) is 1. The molecule has 1 heterocycles. The molecule has 0 saturated heterocycles. The topological polar surface area (TPSA) is 94.1 Å². The zero-order valence-corrected chi connectivity index (χ0v) is 8.14. The van der Waals surface area contributed by atoms with E-state index in [9.17, 15) is 10.1 Å². The van der Waals surface area contributed by atoms with E-state index in [0.717, 1.165) is 12.5 Å². The molecule has 6 heteroatoms. The van der Waals surface area contributed by atoms with Gasteiger partial charge in [0, 0.05) is 12.6 Å². The van der Waals surface area contributed by atoms with Crippen molar-refractivity contribution in [3.05, 3.63) is 22.2 Å². The number of hydrogen-bond donors (Lipinski definition) is 2. The lowest BCUT2D eigenvalue weighted by Crippen LogP contribution is -2.07. The SMILES string of the molecule is Nc1nc(NCC2CC2)ccc1[N+](=O)[O-]. The first-order valence-corrected chi connectivity index (χ1v) is 4.81. The van der Waals surface area contributed by atoms with Crippen LogP contribution in [0.5, 0.6) is 0 Å². The van der Waals surface area contributed by atoms with E-state index < -0.39 is 4.92 Å². The molecule has 0 radical (unpaired) electrons. The van der Waals surface area contributed by atoms with Crippen LogP contribution < -0.4 is 11.1 Å². The van der Waals surface area contributed by atoms with E-state index in [1.54, 1.807) is 6.07 Å². The van der Waals surface area contributed by atoms with Gasteiger partial charge in [0.15, 0.2) is 0 Å². The van der Waals surface area contributed by atoms with Crippen molar-refractivity contribution in [3.8, 4) is 0 Å². The van der Waals surface area contributed by atoms with E-state index in [-0.39, 0.29) is 11.5 Å². The molecule has 0 aromatic carbocycles. The average molecular weight is 208 g/mol. The highest BCUT2D eigenvalue weighted by atomic mass is 16.6. The van der Waals surface area contributed by atoms with Gasteiger partial charge in [0.05, 0.1) is 4.92 Å². The second-order valence-corrected chi connectivity index (χ2v) is 3.68. The molecule has 6 nitrogen and oxygen atoms in total. The standard InChI is InChI=1S/C9H12N4O2/c10-9-7(13(14)15)3-4-8(12-9)11-5-6-1-2-6/h3-4,6H,1-2,5H2,(H3,10,11,12). The number of nitrogens with zero attached hydrogens (tertiary/aromatic N) is 2. The fourth-order valence-electron chi connectivity index (χ4n) is 1.29. The number of hydrogen-bond acceptors (Lipinski definition) is 5. The molecule has 3 N–H and O–H groups in total. The average Bonchev–Trinajstić information content (AvgIpc) is 2.97. The first kappa shape index (κ1) is 9.70. The molecule has 0 amide bonds. The second kappa shape index (κ2) is 3.72. The quantitative estimate of drug-likeness (QED) is 0.576. The Morgan fingerprint density at radius 3 is 2.87 bits per heavy atom. The lowest BCUT2D eigenvalue weighted by atomic mass is 10.3. The third-order valence-electron chi connectivity index (χ3n) is 2.37. The third kappa shape index (κ3) is 2.34. The maximum Gasteiger partial charge on any atom is 0.311 e. The number of aromatic nitrogens is 1. The predicted octanol–water partition coefficient (Wildman–Crippen LogP) is 1.39. The number of nitrogens with one attached hydrogen (secondary N) is 1. The largest absolute Gasteiger partial charge is 0.378 e. The van der Waals surface area contributed by atoms with Crippen LogP contribution in [0.25, 0.3) is 0 Å². The van der Waals surface area contributed by atoms with E-state index in [2.05, 4.69) is 10.3 Å². The van der Waals surface area contributed by atoms with Crippen molar-refractivity contribution < 1.29 is 4.92 Å². The van der Waals surface area contributed by atoms with E-state index >= 15 is 0 Å². The molecular weight excluding hydrogens is 196 g/mol. The van der Waals surface area contributed by atoms with E-state index in [0.29, 0.717) is 5.82 Å². The monoisotopic (exact) mass is 208 g/mol.